The summed E-state index contributed by atoms with van der Waals surface area (Å²) in [6, 6.07) is -0.876. The third-order valence-electron chi connectivity index (χ3n) is 14.0. The van der Waals surface area contributed by atoms with E-state index in [-0.39, 0.29) is 19.1 Å². The van der Waals surface area contributed by atoms with E-state index in [1.165, 1.54) is 161 Å². The van der Waals surface area contributed by atoms with E-state index in [0.29, 0.717) is 17.4 Å². The molecule has 0 aromatic rings. The molecule has 3 N–H and O–H groups in total. The molecule has 8 nitrogen and oxygen atoms in total. The zero-order chi connectivity index (χ0) is 57.0. The molecule has 78 heavy (non-hydrogen) atoms. The van der Waals surface area contributed by atoms with Crippen LogP contribution >= 0.6 is 7.82 Å². The highest BCUT2D eigenvalue weighted by Crippen LogP contribution is 2.43. The maximum Gasteiger partial charge on any atom is 0.472 e. The van der Waals surface area contributed by atoms with E-state index in [2.05, 4.69) is 116 Å². The Bertz CT molecular complexity index is 1640. The molecule has 0 heterocycles. The van der Waals surface area contributed by atoms with Crippen LogP contribution in [0, 0.1) is 0 Å². The highest BCUT2D eigenvalue weighted by Gasteiger charge is 2.27. The zero-order valence-corrected chi connectivity index (χ0v) is 52.3. The van der Waals surface area contributed by atoms with Gasteiger partial charge in [0.15, 0.2) is 0 Å². The van der Waals surface area contributed by atoms with Gasteiger partial charge in [0.2, 0.25) is 5.91 Å². The van der Waals surface area contributed by atoms with E-state index >= 15 is 0 Å². The first kappa shape index (κ1) is 75.2. The third-order valence-corrected chi connectivity index (χ3v) is 15.0. The molecule has 0 fully saturated rings. The average Bonchev–Trinajstić information content (AvgIpc) is 3.41. The molecule has 0 aliphatic rings. The van der Waals surface area contributed by atoms with Crippen molar-refractivity contribution in [3.63, 3.8) is 0 Å². The van der Waals surface area contributed by atoms with Crippen LogP contribution in [0.3, 0.4) is 0 Å². The maximum atomic E-state index is 13.0. The lowest BCUT2D eigenvalue weighted by Crippen LogP contribution is -2.45. The first-order chi connectivity index (χ1) is 38.0. The van der Waals surface area contributed by atoms with Gasteiger partial charge in [-0.15, -0.1) is 0 Å². The van der Waals surface area contributed by atoms with Gasteiger partial charge in [-0.2, -0.15) is 0 Å². The molecule has 9 heteroatoms. The summed E-state index contributed by atoms with van der Waals surface area (Å²) in [5.74, 6) is -0.195. The fourth-order valence-corrected chi connectivity index (χ4v) is 9.72. The third kappa shape index (κ3) is 60.8. The number of quaternary nitrogens is 1. The highest BCUT2D eigenvalue weighted by atomic mass is 31.2. The van der Waals surface area contributed by atoms with Gasteiger partial charge in [-0.25, -0.2) is 4.57 Å². The molecule has 0 aliphatic heterocycles. The van der Waals surface area contributed by atoms with Gasteiger partial charge < -0.3 is 19.8 Å². The van der Waals surface area contributed by atoms with E-state index < -0.39 is 20.0 Å². The summed E-state index contributed by atoms with van der Waals surface area (Å²) in [7, 11) is 1.54. The van der Waals surface area contributed by atoms with E-state index in [0.717, 1.165) is 89.9 Å². The number of allylic oxidation sites excluding steroid dienone is 17. The van der Waals surface area contributed by atoms with E-state index in [9.17, 15) is 19.4 Å². The Balaban J connectivity index is 4.23. The fraction of sp³-hybridized carbons (Fsp3) is 0.725. The van der Waals surface area contributed by atoms with Crippen molar-refractivity contribution in [2.45, 2.75) is 283 Å². The van der Waals surface area contributed by atoms with Crippen LogP contribution < -0.4 is 5.32 Å². The summed E-state index contributed by atoms with van der Waals surface area (Å²) in [6.45, 7) is 4.69. The molecule has 0 aromatic carbocycles. The van der Waals surface area contributed by atoms with Gasteiger partial charge in [-0.3, -0.25) is 13.8 Å². The van der Waals surface area contributed by atoms with Gasteiger partial charge in [0.05, 0.1) is 39.9 Å². The second-order valence-electron chi connectivity index (χ2n) is 22.7. The Morgan fingerprint density at radius 2 is 0.782 bits per heavy atom. The molecule has 0 bridgehead atoms. The molecule has 0 radical (unpaired) electrons. The monoisotopic (exact) mass is 1110 g/mol. The number of nitrogens with zero attached hydrogens (tertiary/aromatic N) is 1. The Labute approximate surface area is 482 Å². The first-order valence-electron chi connectivity index (χ1n) is 32.3. The van der Waals surface area contributed by atoms with Crippen molar-refractivity contribution in [1.82, 2.24) is 5.32 Å². The SMILES string of the molecule is CC/C=C\C/C=C\C/C=C\C/C=C\C/C=C\C/C=C\C/C=C\CCCCCCCCCCCC(=O)NC(COP(=O)(O)OCC[N+](C)(C)C)C(O)/C=C/CC/C=C/CCCCCCCCCCCCCCCCCCCCC. The smallest absolute Gasteiger partial charge is 0.387 e. The lowest BCUT2D eigenvalue weighted by atomic mass is 10.0. The Hall–Kier alpha value is -2.84. The van der Waals surface area contributed by atoms with E-state index in [1.54, 1.807) is 6.08 Å². The van der Waals surface area contributed by atoms with Crippen LogP contribution in [0.1, 0.15) is 271 Å². The molecule has 0 rings (SSSR count). The van der Waals surface area contributed by atoms with Crippen molar-refractivity contribution in [2.24, 2.45) is 0 Å². The number of aliphatic hydroxyl groups excluding tert-OH is 1. The molecular formula is C69H124N2O6P+. The molecule has 450 valence electrons. The van der Waals surface area contributed by atoms with Crippen molar-refractivity contribution < 1.29 is 32.9 Å². The number of carbonyl (C=O) groups is 1. The van der Waals surface area contributed by atoms with Gasteiger partial charge in [-0.1, -0.05) is 284 Å². The number of aliphatic hydroxyl groups is 1. The molecule has 3 atom stereocenters. The van der Waals surface area contributed by atoms with Gasteiger partial charge in [0, 0.05) is 6.42 Å². The van der Waals surface area contributed by atoms with Gasteiger partial charge in [0.1, 0.15) is 13.2 Å². The minimum Gasteiger partial charge on any atom is -0.387 e. The quantitative estimate of drug-likeness (QED) is 0.0243. The second kappa shape index (κ2) is 58.8. The average molecular weight is 1110 g/mol. The predicted molar refractivity (Wildman–Crippen MR) is 341 cm³/mol. The Morgan fingerprint density at radius 3 is 1.18 bits per heavy atom. The van der Waals surface area contributed by atoms with Crippen molar-refractivity contribution in [1.29, 1.82) is 0 Å². The summed E-state index contributed by atoms with van der Waals surface area (Å²) < 4.78 is 23.8. The van der Waals surface area contributed by atoms with E-state index in [1.807, 2.05) is 27.2 Å². The summed E-state index contributed by atoms with van der Waals surface area (Å²) >= 11 is 0. The normalized spacial score (nSPS) is 14.5. The predicted octanol–water partition coefficient (Wildman–Crippen LogP) is 20.3. The van der Waals surface area contributed by atoms with Crippen LogP contribution in [-0.2, 0) is 18.4 Å². The summed E-state index contributed by atoms with van der Waals surface area (Å²) in [6.07, 6.45) is 86.4. The minimum absolute atomic E-state index is 0.0499. The molecular weight excluding hydrogens is 984 g/mol. The number of hydrogen-bond donors (Lipinski definition) is 3. The highest BCUT2D eigenvalue weighted by molar-refractivity contribution is 7.47. The number of phosphoric acid groups is 1. The molecule has 3 unspecified atom stereocenters. The number of nitrogens with one attached hydrogen (secondary N) is 1. The van der Waals surface area contributed by atoms with Crippen LogP contribution in [-0.4, -0.2) is 73.4 Å². The largest absolute Gasteiger partial charge is 0.472 e. The van der Waals surface area contributed by atoms with Crippen LogP contribution in [0.4, 0.5) is 0 Å². The van der Waals surface area contributed by atoms with Crippen LogP contribution in [0.25, 0.3) is 0 Å². The van der Waals surface area contributed by atoms with Gasteiger partial charge in [-0.05, 0) is 89.9 Å². The first-order valence-corrected chi connectivity index (χ1v) is 33.8. The minimum atomic E-state index is -4.37. The van der Waals surface area contributed by atoms with Gasteiger partial charge >= 0.3 is 7.82 Å². The van der Waals surface area contributed by atoms with Crippen LogP contribution in [0.5, 0.6) is 0 Å². The Kier molecular flexibility index (Phi) is 56.7. The number of likely N-dealkylation sites (N-methyl/N-ethyl adjacent to an activating group) is 1. The van der Waals surface area contributed by atoms with Crippen molar-refractivity contribution in [3.8, 4) is 0 Å². The molecule has 0 saturated heterocycles. The Morgan fingerprint density at radius 1 is 0.449 bits per heavy atom. The van der Waals surface area contributed by atoms with Crippen molar-refractivity contribution >= 4 is 13.7 Å². The topological polar surface area (TPSA) is 105 Å². The number of amides is 1. The van der Waals surface area contributed by atoms with E-state index in [4.69, 9.17) is 9.05 Å². The summed E-state index contributed by atoms with van der Waals surface area (Å²) in [5, 5.41) is 14.0. The molecule has 0 aromatic heterocycles. The van der Waals surface area contributed by atoms with Crippen LogP contribution in [0.15, 0.2) is 109 Å². The van der Waals surface area contributed by atoms with Crippen molar-refractivity contribution in [2.75, 3.05) is 40.9 Å². The zero-order valence-electron chi connectivity index (χ0n) is 51.4. The lowest BCUT2D eigenvalue weighted by Gasteiger charge is -2.25. The number of phosphoric ester groups is 1. The number of carbonyl (C=O) groups excluding carboxylic acids is 1. The second-order valence-corrected chi connectivity index (χ2v) is 24.2. The number of unbranched alkanes of at least 4 members (excludes halogenated alkanes) is 29. The molecule has 1 amide bonds. The van der Waals surface area contributed by atoms with Gasteiger partial charge in [0.25, 0.3) is 0 Å². The summed E-state index contributed by atoms with van der Waals surface area (Å²) in [5.41, 5.74) is 0. The number of rotatable bonds is 58. The standard InChI is InChI=1S/C69H123N2O6P/c1-6-8-10-12-14-16-18-20-22-24-26-28-30-32-33-34-35-36-37-39-41-43-45-47-49-51-53-55-57-59-61-63-69(73)70-67(66-77-78(74,75)76-65-64-71(3,4)5)68(72)62-60-58-56-54-52-50-48-46-44-42-40-38-31-29-27-25-23-21-19-17-15-13-11-9-7-2/h8,10,14,16,20,22,26,28,32-33,35-36,39,41,52,54,60,62,67-68,72H,6-7,9,11-13,15,17-19,21,23-25,27,29-31,34,37-38,40,42-51,53,55-59,61,63-66H2,1-5H3,(H-,70,73,74,75)/p+1/b10-8-,16-14-,22-20-,28-26-,33-32-,36-35-,41-39-,54-52+,62-60+. The summed E-state index contributed by atoms with van der Waals surface area (Å²) in [4.78, 5) is 23.4. The fourth-order valence-electron chi connectivity index (χ4n) is 8.98. The van der Waals surface area contributed by atoms with Crippen LogP contribution in [0.2, 0.25) is 0 Å². The maximum absolute atomic E-state index is 13.0. The molecule has 0 saturated carbocycles. The molecule has 0 aliphatic carbocycles. The number of hydrogen-bond acceptors (Lipinski definition) is 5. The van der Waals surface area contributed by atoms with Crippen molar-refractivity contribution in [3.05, 3.63) is 109 Å². The lowest BCUT2D eigenvalue weighted by molar-refractivity contribution is -0.870. The molecule has 0 spiro atoms.